The van der Waals surface area contributed by atoms with Crippen molar-refractivity contribution >= 4 is 12.1 Å². The average Bonchev–Trinajstić information content (AvgIpc) is 3.32. The predicted molar refractivity (Wildman–Crippen MR) is 92.8 cm³/mol. The number of nitrogens with zero attached hydrogens (tertiary/aromatic N) is 5. The second-order valence-electron chi connectivity index (χ2n) is 5.92. The molecule has 4 rings (SSSR count). The maximum Gasteiger partial charge on any atom is 0.416 e. The lowest BCUT2D eigenvalue weighted by molar-refractivity contribution is -0.138. The second-order valence-corrected chi connectivity index (χ2v) is 5.92. The van der Waals surface area contributed by atoms with Gasteiger partial charge < -0.3 is 4.52 Å². The molecule has 3 aromatic rings. The SMILES string of the molecule is FC(F)(F)c1ccccc1Cn1nc(C2=NCCC=N2)cc1-c1ccon1. The van der Waals surface area contributed by atoms with Gasteiger partial charge in [-0.1, -0.05) is 23.4 Å². The van der Waals surface area contributed by atoms with Crippen LogP contribution in [0.15, 0.2) is 57.2 Å². The summed E-state index contributed by atoms with van der Waals surface area (Å²) in [5.41, 5.74) is 0.894. The molecule has 0 atom stereocenters. The van der Waals surface area contributed by atoms with E-state index in [4.69, 9.17) is 4.52 Å². The van der Waals surface area contributed by atoms with Crippen LogP contribution in [0.25, 0.3) is 11.4 Å². The molecule has 2 aromatic heterocycles. The van der Waals surface area contributed by atoms with E-state index in [-0.39, 0.29) is 12.1 Å². The number of aromatic nitrogens is 3. The second kappa shape index (κ2) is 6.82. The predicted octanol–water partition coefficient (Wildman–Crippen LogP) is 3.83. The first-order valence-electron chi connectivity index (χ1n) is 8.23. The smallest absolute Gasteiger partial charge is 0.364 e. The molecule has 0 aliphatic carbocycles. The molecule has 27 heavy (non-hydrogen) atoms. The van der Waals surface area contributed by atoms with Crippen molar-refractivity contribution in [1.82, 2.24) is 14.9 Å². The van der Waals surface area contributed by atoms with Gasteiger partial charge in [-0.2, -0.15) is 18.3 Å². The molecular weight excluding hydrogens is 359 g/mol. The highest BCUT2D eigenvalue weighted by molar-refractivity contribution is 6.03. The van der Waals surface area contributed by atoms with E-state index in [0.717, 1.165) is 12.5 Å². The minimum Gasteiger partial charge on any atom is -0.364 e. The minimum atomic E-state index is -4.45. The van der Waals surface area contributed by atoms with Gasteiger partial charge in [0.2, 0.25) is 0 Å². The summed E-state index contributed by atoms with van der Waals surface area (Å²) in [4.78, 5) is 8.54. The summed E-state index contributed by atoms with van der Waals surface area (Å²) in [5, 5.41) is 8.31. The highest BCUT2D eigenvalue weighted by Crippen LogP contribution is 2.32. The summed E-state index contributed by atoms with van der Waals surface area (Å²) in [6.45, 7) is 0.525. The number of hydrogen-bond acceptors (Lipinski definition) is 5. The molecular formula is C18H14F3N5O. The van der Waals surface area contributed by atoms with E-state index in [0.29, 0.717) is 29.5 Å². The Balaban J connectivity index is 1.78. The van der Waals surface area contributed by atoms with Gasteiger partial charge in [0.15, 0.2) is 5.84 Å². The van der Waals surface area contributed by atoms with Crippen molar-refractivity contribution in [2.45, 2.75) is 19.1 Å². The molecule has 0 unspecified atom stereocenters. The van der Waals surface area contributed by atoms with Gasteiger partial charge in [-0.05, 0) is 17.7 Å². The summed E-state index contributed by atoms with van der Waals surface area (Å²) in [5.74, 6) is 0.453. The van der Waals surface area contributed by atoms with Crippen molar-refractivity contribution in [3.8, 4) is 11.4 Å². The monoisotopic (exact) mass is 373 g/mol. The largest absolute Gasteiger partial charge is 0.416 e. The molecule has 0 radical (unpaired) electrons. The maximum absolute atomic E-state index is 13.3. The summed E-state index contributed by atoms with van der Waals surface area (Å²) in [7, 11) is 0. The van der Waals surface area contributed by atoms with Gasteiger partial charge in [0, 0.05) is 25.2 Å². The summed E-state index contributed by atoms with van der Waals surface area (Å²) in [6.07, 6.45) is -0.556. The molecule has 138 valence electrons. The molecule has 1 aliphatic heterocycles. The van der Waals surface area contributed by atoms with Gasteiger partial charge >= 0.3 is 6.18 Å². The zero-order valence-electron chi connectivity index (χ0n) is 14.0. The van der Waals surface area contributed by atoms with Crippen molar-refractivity contribution in [3.63, 3.8) is 0 Å². The molecule has 0 fully saturated rings. The first kappa shape index (κ1) is 17.2. The zero-order chi connectivity index (χ0) is 18.9. The first-order valence-corrected chi connectivity index (χ1v) is 8.23. The Kier molecular flexibility index (Phi) is 4.35. The Morgan fingerprint density at radius 3 is 2.67 bits per heavy atom. The summed E-state index contributed by atoms with van der Waals surface area (Å²) < 4.78 is 46.3. The third-order valence-corrected chi connectivity index (χ3v) is 4.09. The quantitative estimate of drug-likeness (QED) is 0.698. The van der Waals surface area contributed by atoms with Crippen molar-refractivity contribution in [2.24, 2.45) is 9.98 Å². The summed E-state index contributed by atoms with van der Waals surface area (Å²) in [6, 6.07) is 8.76. The van der Waals surface area contributed by atoms with Crippen LogP contribution in [0.5, 0.6) is 0 Å². The van der Waals surface area contributed by atoms with Crippen LogP contribution in [-0.2, 0) is 12.7 Å². The fourth-order valence-corrected chi connectivity index (χ4v) is 2.86. The Bertz CT molecular complexity index is 1000. The Morgan fingerprint density at radius 1 is 1.11 bits per heavy atom. The van der Waals surface area contributed by atoms with Crippen LogP contribution in [0, 0.1) is 0 Å². The normalized spacial score (nSPS) is 14.4. The molecule has 0 amide bonds. The van der Waals surface area contributed by atoms with E-state index >= 15 is 0 Å². The number of amidine groups is 1. The van der Waals surface area contributed by atoms with E-state index in [9.17, 15) is 13.2 Å². The van der Waals surface area contributed by atoms with Gasteiger partial charge in [-0.25, -0.2) is 4.99 Å². The van der Waals surface area contributed by atoms with Gasteiger partial charge in [-0.15, -0.1) is 0 Å². The molecule has 6 nitrogen and oxygen atoms in total. The fraction of sp³-hybridized carbons (Fsp3) is 0.222. The van der Waals surface area contributed by atoms with Gasteiger partial charge in [0.25, 0.3) is 0 Å². The Morgan fingerprint density at radius 2 is 1.96 bits per heavy atom. The lowest BCUT2D eigenvalue weighted by atomic mass is 10.1. The van der Waals surface area contributed by atoms with Gasteiger partial charge in [0.05, 0.1) is 17.8 Å². The lowest BCUT2D eigenvalue weighted by Gasteiger charge is -2.13. The zero-order valence-corrected chi connectivity index (χ0v) is 14.0. The third kappa shape index (κ3) is 3.53. The molecule has 0 bridgehead atoms. The molecule has 0 spiro atoms. The van der Waals surface area contributed by atoms with Crippen molar-refractivity contribution in [3.05, 3.63) is 59.5 Å². The van der Waals surface area contributed by atoms with Crippen LogP contribution in [0.3, 0.4) is 0 Å². The number of rotatable bonds is 4. The minimum absolute atomic E-state index is 0.0745. The first-order chi connectivity index (χ1) is 13.0. The molecule has 3 heterocycles. The third-order valence-electron chi connectivity index (χ3n) is 4.09. The molecule has 9 heteroatoms. The van der Waals surface area contributed by atoms with Crippen LogP contribution in [0.4, 0.5) is 13.2 Å². The standard InChI is InChI=1S/C18H14F3N5O/c19-18(20,21)13-5-2-1-4-12(13)11-26-16(14-6-9-27-25-14)10-15(24-26)17-22-7-3-8-23-17/h1-2,4-7,9-10H,3,8,11H2. The van der Waals surface area contributed by atoms with E-state index < -0.39 is 11.7 Å². The number of aliphatic imine (C=N–C) groups is 2. The number of benzene rings is 1. The molecule has 0 N–H and O–H groups in total. The van der Waals surface area contributed by atoms with Gasteiger partial charge in [-0.3, -0.25) is 9.67 Å². The lowest BCUT2D eigenvalue weighted by Crippen LogP contribution is -2.13. The van der Waals surface area contributed by atoms with Gasteiger partial charge in [0.1, 0.15) is 17.7 Å². The van der Waals surface area contributed by atoms with Crippen LogP contribution in [0.1, 0.15) is 23.2 Å². The number of alkyl halides is 3. The highest BCUT2D eigenvalue weighted by atomic mass is 19.4. The van der Waals surface area contributed by atoms with Crippen LogP contribution in [-0.4, -0.2) is 33.5 Å². The fourth-order valence-electron chi connectivity index (χ4n) is 2.86. The van der Waals surface area contributed by atoms with Crippen LogP contribution >= 0.6 is 0 Å². The highest BCUT2D eigenvalue weighted by Gasteiger charge is 2.33. The topological polar surface area (TPSA) is 68.6 Å². The Labute approximate surface area is 152 Å². The molecule has 1 aliphatic rings. The van der Waals surface area contributed by atoms with E-state index in [1.54, 1.807) is 24.4 Å². The Hall–Kier alpha value is -3.23. The van der Waals surface area contributed by atoms with Crippen LogP contribution in [0.2, 0.25) is 0 Å². The van der Waals surface area contributed by atoms with Crippen molar-refractivity contribution in [1.29, 1.82) is 0 Å². The van der Waals surface area contributed by atoms with Crippen LogP contribution < -0.4 is 0 Å². The van der Waals surface area contributed by atoms with Crippen molar-refractivity contribution < 1.29 is 17.7 Å². The molecule has 0 saturated carbocycles. The number of halogens is 3. The number of hydrogen-bond donors (Lipinski definition) is 0. The maximum atomic E-state index is 13.3. The van der Waals surface area contributed by atoms with E-state index in [2.05, 4.69) is 20.2 Å². The average molecular weight is 373 g/mol. The van der Waals surface area contributed by atoms with E-state index in [1.165, 1.54) is 23.1 Å². The molecule has 1 aromatic carbocycles. The summed E-state index contributed by atoms with van der Waals surface area (Å²) >= 11 is 0. The molecule has 0 saturated heterocycles. The van der Waals surface area contributed by atoms with Crippen molar-refractivity contribution in [2.75, 3.05) is 6.54 Å². The van der Waals surface area contributed by atoms with E-state index in [1.807, 2.05) is 0 Å².